The molecule has 1 aliphatic carbocycles. The minimum Gasteiger partial charge on any atom is -0.490 e. The van der Waals surface area contributed by atoms with Crippen molar-refractivity contribution in [1.82, 2.24) is 4.90 Å². The van der Waals surface area contributed by atoms with Crippen LogP contribution in [-0.2, 0) is 11.3 Å². The summed E-state index contributed by atoms with van der Waals surface area (Å²) in [6.45, 7) is 1.09. The molecule has 0 saturated carbocycles. The molecule has 3 aromatic carbocycles. The summed E-state index contributed by atoms with van der Waals surface area (Å²) in [4.78, 5) is 25.9. The Kier molecular flexibility index (Phi) is 5.35. The minimum atomic E-state index is -1.04. The van der Waals surface area contributed by atoms with Crippen molar-refractivity contribution in [3.8, 4) is 16.9 Å². The van der Waals surface area contributed by atoms with E-state index in [2.05, 4.69) is 40.2 Å². The van der Waals surface area contributed by atoms with Crippen LogP contribution >= 0.6 is 15.9 Å². The highest BCUT2D eigenvalue weighted by Crippen LogP contribution is 2.44. The number of benzene rings is 3. The Morgan fingerprint density at radius 2 is 1.72 bits per heavy atom. The van der Waals surface area contributed by atoms with Crippen LogP contribution in [0.25, 0.3) is 11.1 Å². The molecule has 7 heteroatoms. The van der Waals surface area contributed by atoms with E-state index in [1.807, 2.05) is 24.3 Å². The second kappa shape index (κ2) is 8.31. The highest BCUT2D eigenvalue weighted by Gasteiger charge is 2.30. The number of hydrogen-bond donors (Lipinski definition) is 1. The number of carbonyl (C=O) groups excluding carboxylic acids is 1. The highest BCUT2D eigenvalue weighted by atomic mass is 79.9. The lowest BCUT2D eigenvalue weighted by atomic mass is 9.98. The van der Waals surface area contributed by atoms with Gasteiger partial charge in [0.25, 0.3) is 0 Å². The van der Waals surface area contributed by atoms with Gasteiger partial charge in [0, 0.05) is 11.5 Å². The first-order valence-electron chi connectivity index (χ1n) is 10.3. The molecule has 1 heterocycles. The molecule has 0 saturated heterocycles. The van der Waals surface area contributed by atoms with Gasteiger partial charge in [0.15, 0.2) is 0 Å². The summed E-state index contributed by atoms with van der Waals surface area (Å²) < 4.78 is 12.1. The second-order valence-electron chi connectivity index (χ2n) is 7.83. The fourth-order valence-electron chi connectivity index (χ4n) is 4.44. The molecule has 1 N–H and O–H groups in total. The smallest absolute Gasteiger partial charge is 0.410 e. The van der Waals surface area contributed by atoms with Gasteiger partial charge in [0.1, 0.15) is 19.0 Å². The number of hydrogen-bond acceptors (Lipinski definition) is 4. The number of amides is 1. The number of carbonyl (C=O) groups is 2. The first-order valence-corrected chi connectivity index (χ1v) is 11.1. The average Bonchev–Trinajstić information content (AvgIpc) is 2.95. The Morgan fingerprint density at radius 1 is 1.06 bits per heavy atom. The van der Waals surface area contributed by atoms with Crippen molar-refractivity contribution in [2.24, 2.45) is 0 Å². The van der Waals surface area contributed by atoms with E-state index in [4.69, 9.17) is 9.47 Å². The Morgan fingerprint density at radius 3 is 2.38 bits per heavy atom. The topological polar surface area (TPSA) is 76.1 Å². The number of halogens is 1. The molecule has 0 unspecified atom stereocenters. The molecule has 1 amide bonds. The molecule has 0 fully saturated rings. The second-order valence-corrected chi connectivity index (χ2v) is 8.68. The number of carboxylic acids is 1. The van der Waals surface area contributed by atoms with Crippen LogP contribution in [0.4, 0.5) is 4.79 Å². The van der Waals surface area contributed by atoms with Crippen LogP contribution in [0.3, 0.4) is 0 Å². The minimum absolute atomic E-state index is 0.0189. The number of ether oxygens (including phenoxy) is 2. The van der Waals surface area contributed by atoms with Crippen LogP contribution in [-0.4, -0.2) is 41.8 Å². The quantitative estimate of drug-likeness (QED) is 0.536. The van der Waals surface area contributed by atoms with E-state index in [0.717, 1.165) is 11.1 Å². The van der Waals surface area contributed by atoms with E-state index in [0.29, 0.717) is 28.9 Å². The van der Waals surface area contributed by atoms with Gasteiger partial charge < -0.3 is 19.5 Å². The first kappa shape index (κ1) is 20.6. The predicted molar refractivity (Wildman–Crippen MR) is 122 cm³/mol. The van der Waals surface area contributed by atoms with Crippen molar-refractivity contribution in [3.63, 3.8) is 0 Å². The van der Waals surface area contributed by atoms with Crippen LogP contribution in [0.15, 0.2) is 65.1 Å². The third-order valence-electron chi connectivity index (χ3n) is 5.93. The summed E-state index contributed by atoms with van der Waals surface area (Å²) in [5.41, 5.74) is 5.41. The third kappa shape index (κ3) is 3.62. The number of rotatable bonds is 3. The largest absolute Gasteiger partial charge is 0.490 e. The van der Waals surface area contributed by atoms with Gasteiger partial charge in [-0.25, -0.2) is 9.59 Å². The zero-order chi connectivity index (χ0) is 22.2. The van der Waals surface area contributed by atoms with Crippen molar-refractivity contribution < 1.29 is 24.2 Å². The fraction of sp³-hybridized carbons (Fsp3) is 0.200. The van der Waals surface area contributed by atoms with E-state index in [9.17, 15) is 14.7 Å². The molecule has 0 atom stereocenters. The Bertz CT molecular complexity index is 1180. The molecule has 6 nitrogen and oxygen atoms in total. The van der Waals surface area contributed by atoms with Gasteiger partial charge in [0.2, 0.25) is 0 Å². The number of aromatic carboxylic acids is 1. The fourth-order valence-corrected chi connectivity index (χ4v) is 5.05. The molecule has 0 aromatic heterocycles. The van der Waals surface area contributed by atoms with Gasteiger partial charge in [-0.15, -0.1) is 0 Å². The Labute approximate surface area is 193 Å². The normalized spacial score (nSPS) is 14.6. The van der Waals surface area contributed by atoms with Gasteiger partial charge in [-0.1, -0.05) is 48.5 Å². The molecule has 162 valence electrons. The molecule has 3 aromatic rings. The van der Waals surface area contributed by atoms with Crippen molar-refractivity contribution in [2.75, 3.05) is 19.8 Å². The molecule has 2 aliphatic rings. The molecule has 0 radical (unpaired) electrons. The lowest BCUT2D eigenvalue weighted by molar-refractivity contribution is 0.0696. The number of carboxylic acid groups (broad SMARTS) is 1. The van der Waals surface area contributed by atoms with E-state index in [-0.39, 0.29) is 24.6 Å². The summed E-state index contributed by atoms with van der Waals surface area (Å²) in [6, 6.07) is 19.4. The molecular weight excluding hydrogens is 474 g/mol. The zero-order valence-corrected chi connectivity index (χ0v) is 18.7. The van der Waals surface area contributed by atoms with Crippen LogP contribution in [0.5, 0.6) is 5.75 Å². The van der Waals surface area contributed by atoms with Crippen molar-refractivity contribution >= 4 is 28.0 Å². The number of nitrogens with zero attached hydrogens (tertiary/aromatic N) is 1. The van der Waals surface area contributed by atoms with E-state index >= 15 is 0 Å². The van der Waals surface area contributed by atoms with Gasteiger partial charge in [-0.3, -0.25) is 0 Å². The molecule has 1 aliphatic heterocycles. The maximum absolute atomic E-state index is 13.0. The third-order valence-corrected chi connectivity index (χ3v) is 6.52. The Hall–Kier alpha value is -3.32. The van der Waals surface area contributed by atoms with Crippen LogP contribution in [0.1, 0.15) is 33.0 Å². The van der Waals surface area contributed by atoms with Crippen LogP contribution < -0.4 is 4.74 Å². The molecule has 5 rings (SSSR count). The Balaban J connectivity index is 1.35. The average molecular weight is 494 g/mol. The molecular formula is C25H20BrNO5. The van der Waals surface area contributed by atoms with Gasteiger partial charge in [-0.05, 0) is 50.3 Å². The van der Waals surface area contributed by atoms with E-state index < -0.39 is 12.1 Å². The molecule has 32 heavy (non-hydrogen) atoms. The summed E-state index contributed by atoms with van der Waals surface area (Å²) in [6.07, 6.45) is -0.444. The standard InChI is InChI=1S/C25H20BrNO5/c26-22-12-15(24(28)29)11-16-13-27(9-10-31-23(16)22)25(30)32-14-21-19-7-3-1-5-17(19)18-6-2-4-8-20(18)21/h1-8,11-12,21H,9-10,13-14H2,(H,28,29). The number of fused-ring (bicyclic) bond motifs is 4. The SMILES string of the molecule is O=C(O)c1cc(Br)c2c(c1)CN(C(=O)OCC1c3ccccc3-c3ccccc31)CCO2. The lowest BCUT2D eigenvalue weighted by Crippen LogP contribution is -2.33. The maximum Gasteiger partial charge on any atom is 0.410 e. The van der Waals surface area contributed by atoms with E-state index in [1.165, 1.54) is 23.3 Å². The monoisotopic (exact) mass is 493 g/mol. The summed E-state index contributed by atoms with van der Waals surface area (Å²) in [5, 5.41) is 9.36. The van der Waals surface area contributed by atoms with Crippen molar-refractivity contribution in [2.45, 2.75) is 12.5 Å². The zero-order valence-electron chi connectivity index (χ0n) is 17.1. The highest BCUT2D eigenvalue weighted by molar-refractivity contribution is 9.10. The predicted octanol–water partition coefficient (Wildman–Crippen LogP) is 5.29. The van der Waals surface area contributed by atoms with E-state index in [1.54, 1.807) is 4.90 Å². The van der Waals surface area contributed by atoms with Crippen molar-refractivity contribution in [1.29, 1.82) is 0 Å². The molecule has 0 bridgehead atoms. The summed E-state index contributed by atoms with van der Waals surface area (Å²) in [7, 11) is 0. The lowest BCUT2D eigenvalue weighted by Gasteiger charge is -2.21. The summed E-state index contributed by atoms with van der Waals surface area (Å²) in [5.74, 6) is -0.496. The van der Waals surface area contributed by atoms with Crippen molar-refractivity contribution in [3.05, 3.63) is 87.4 Å². The summed E-state index contributed by atoms with van der Waals surface area (Å²) >= 11 is 3.38. The molecule has 0 spiro atoms. The van der Waals surface area contributed by atoms with Gasteiger partial charge in [-0.2, -0.15) is 0 Å². The maximum atomic E-state index is 13.0. The van der Waals surface area contributed by atoms with Gasteiger partial charge in [0.05, 0.1) is 23.1 Å². The first-order chi connectivity index (χ1) is 15.5. The van der Waals surface area contributed by atoms with Gasteiger partial charge >= 0.3 is 12.1 Å². The van der Waals surface area contributed by atoms with Crippen LogP contribution in [0.2, 0.25) is 0 Å². The van der Waals surface area contributed by atoms with Crippen LogP contribution in [0, 0.1) is 0 Å².